The summed E-state index contributed by atoms with van der Waals surface area (Å²) in [5.41, 5.74) is -1.32. The molecule has 0 spiro atoms. The summed E-state index contributed by atoms with van der Waals surface area (Å²) < 4.78 is 40.6. The molecule has 0 aliphatic heterocycles. The lowest BCUT2D eigenvalue weighted by molar-refractivity contribution is -0.164. The first-order chi connectivity index (χ1) is 12.3. The van der Waals surface area contributed by atoms with Crippen LogP contribution in [0.2, 0.25) is 0 Å². The molecule has 2 unspecified atom stereocenters. The third-order valence-corrected chi connectivity index (χ3v) is 6.85. The van der Waals surface area contributed by atoms with Crippen LogP contribution in [0.3, 0.4) is 0 Å². The van der Waals surface area contributed by atoms with Crippen molar-refractivity contribution in [1.29, 1.82) is 0 Å². The fourth-order valence-electron chi connectivity index (χ4n) is 3.35. The van der Waals surface area contributed by atoms with Crippen molar-refractivity contribution < 1.29 is 32.2 Å². The second-order valence-corrected chi connectivity index (χ2v) is 8.34. The summed E-state index contributed by atoms with van der Waals surface area (Å²) in [5, 5.41) is -1.20. The van der Waals surface area contributed by atoms with Crippen LogP contribution in [-0.4, -0.2) is 51.7 Å². The number of hydrogen-bond acceptors (Lipinski definition) is 7. The maximum Gasteiger partial charge on any atom is 0.325 e. The fourth-order valence-corrected chi connectivity index (χ4v) is 5.32. The highest BCUT2D eigenvalue weighted by Gasteiger charge is 2.81. The summed E-state index contributed by atoms with van der Waals surface area (Å²) in [6.07, 6.45) is 0. The molecule has 8 heteroatoms. The Morgan fingerprint density at radius 1 is 1.00 bits per heavy atom. The van der Waals surface area contributed by atoms with Gasteiger partial charge >= 0.3 is 11.9 Å². The molecule has 0 N–H and O–H groups in total. The number of ether oxygens (including phenoxy) is 3. The summed E-state index contributed by atoms with van der Waals surface area (Å²) in [6.45, 7) is 4.76. The number of rotatable bonds is 8. The van der Waals surface area contributed by atoms with Crippen LogP contribution in [0.5, 0.6) is 5.75 Å². The first-order valence-electron chi connectivity index (χ1n) is 8.51. The van der Waals surface area contributed by atoms with Gasteiger partial charge in [0.1, 0.15) is 5.75 Å². The van der Waals surface area contributed by atoms with E-state index in [9.17, 15) is 18.0 Å². The van der Waals surface area contributed by atoms with E-state index in [-0.39, 0.29) is 19.0 Å². The van der Waals surface area contributed by atoms with Gasteiger partial charge < -0.3 is 14.2 Å². The second-order valence-electron chi connectivity index (χ2n) is 5.93. The molecule has 1 fully saturated rings. The summed E-state index contributed by atoms with van der Waals surface area (Å²) in [7, 11) is -2.19. The second kappa shape index (κ2) is 7.65. The standard InChI is InChI=1S/C18H24O7S/c1-5-24-16(19)18(17(20)25-6-2)14(15(18)26(21,22)7-3)12-8-10-13(23-4)11-9-12/h8-11,14-15H,5-7H2,1-4H3. The maximum atomic E-state index is 12.7. The molecule has 2 atom stereocenters. The SMILES string of the molecule is CCOC(=O)C1(C(=O)OCC)C(c2ccc(OC)cc2)C1S(=O)(=O)CC. The van der Waals surface area contributed by atoms with Crippen molar-refractivity contribution in [3.63, 3.8) is 0 Å². The lowest BCUT2D eigenvalue weighted by Gasteiger charge is -2.15. The zero-order valence-electron chi connectivity index (χ0n) is 15.4. The van der Waals surface area contributed by atoms with Crippen molar-refractivity contribution in [3.05, 3.63) is 29.8 Å². The number of hydrogen-bond donors (Lipinski definition) is 0. The van der Waals surface area contributed by atoms with E-state index >= 15 is 0 Å². The number of sulfone groups is 1. The van der Waals surface area contributed by atoms with Gasteiger partial charge in [0.2, 0.25) is 0 Å². The molecule has 0 bridgehead atoms. The molecule has 0 aromatic heterocycles. The number of methoxy groups -OCH3 is 1. The van der Waals surface area contributed by atoms with Gasteiger partial charge in [0.15, 0.2) is 15.3 Å². The predicted octanol–water partition coefficient (Wildman–Crippen LogP) is 1.71. The number of esters is 2. The van der Waals surface area contributed by atoms with Gasteiger partial charge in [-0.15, -0.1) is 0 Å². The molecule has 0 heterocycles. The normalized spacial score (nSPS) is 20.9. The minimum atomic E-state index is -3.71. The molecule has 1 aliphatic carbocycles. The van der Waals surface area contributed by atoms with Crippen LogP contribution in [-0.2, 0) is 28.9 Å². The summed E-state index contributed by atoms with van der Waals surface area (Å²) in [5.74, 6) is -2.17. The third kappa shape index (κ3) is 3.18. The molecule has 0 saturated heterocycles. The van der Waals surface area contributed by atoms with E-state index in [4.69, 9.17) is 14.2 Å². The number of benzene rings is 1. The van der Waals surface area contributed by atoms with Gasteiger partial charge in [-0.05, 0) is 31.5 Å². The monoisotopic (exact) mass is 384 g/mol. The average Bonchev–Trinajstić information content (AvgIpc) is 3.35. The van der Waals surface area contributed by atoms with Gasteiger partial charge in [-0.3, -0.25) is 9.59 Å². The van der Waals surface area contributed by atoms with Gasteiger partial charge in [-0.2, -0.15) is 0 Å². The zero-order chi connectivity index (χ0) is 19.5. The van der Waals surface area contributed by atoms with Crippen molar-refractivity contribution in [2.24, 2.45) is 5.41 Å². The first-order valence-corrected chi connectivity index (χ1v) is 10.2. The first kappa shape index (κ1) is 20.2. The smallest absolute Gasteiger partial charge is 0.325 e. The molecule has 144 valence electrons. The van der Waals surface area contributed by atoms with Crippen LogP contribution in [0.15, 0.2) is 24.3 Å². The fraction of sp³-hybridized carbons (Fsp3) is 0.556. The molecule has 7 nitrogen and oxygen atoms in total. The van der Waals surface area contributed by atoms with E-state index in [1.807, 2.05) is 0 Å². The minimum Gasteiger partial charge on any atom is -0.497 e. The molecule has 1 aromatic rings. The molecule has 0 amide bonds. The molecular formula is C18H24O7S. The Kier molecular flexibility index (Phi) is 5.95. The molecule has 1 saturated carbocycles. The van der Waals surface area contributed by atoms with E-state index in [1.165, 1.54) is 14.0 Å². The topological polar surface area (TPSA) is 96.0 Å². The summed E-state index contributed by atoms with van der Waals surface area (Å²) in [4.78, 5) is 25.4. The van der Waals surface area contributed by atoms with E-state index < -0.39 is 38.4 Å². The van der Waals surface area contributed by atoms with E-state index in [0.29, 0.717) is 11.3 Å². The average molecular weight is 384 g/mol. The zero-order valence-corrected chi connectivity index (χ0v) is 16.2. The van der Waals surface area contributed by atoms with Crippen LogP contribution in [0.1, 0.15) is 32.3 Å². The predicted molar refractivity (Wildman–Crippen MR) is 94.7 cm³/mol. The van der Waals surface area contributed by atoms with Crippen molar-refractivity contribution in [2.75, 3.05) is 26.1 Å². The van der Waals surface area contributed by atoms with Crippen molar-refractivity contribution in [2.45, 2.75) is 31.9 Å². The van der Waals surface area contributed by atoms with Gasteiger partial charge in [-0.25, -0.2) is 8.42 Å². The largest absolute Gasteiger partial charge is 0.497 e. The summed E-state index contributed by atoms with van der Waals surface area (Å²) >= 11 is 0. The van der Waals surface area contributed by atoms with Crippen molar-refractivity contribution >= 4 is 21.8 Å². The van der Waals surface area contributed by atoms with Gasteiger partial charge in [-0.1, -0.05) is 19.1 Å². The lowest BCUT2D eigenvalue weighted by Crippen LogP contribution is -2.36. The Labute approximate surface area is 153 Å². The highest BCUT2D eigenvalue weighted by molar-refractivity contribution is 7.92. The molecule has 1 aliphatic rings. The quantitative estimate of drug-likeness (QED) is 0.497. The van der Waals surface area contributed by atoms with Crippen LogP contribution in [0.4, 0.5) is 0 Å². The molecule has 26 heavy (non-hydrogen) atoms. The van der Waals surface area contributed by atoms with Crippen molar-refractivity contribution in [1.82, 2.24) is 0 Å². The summed E-state index contributed by atoms with van der Waals surface area (Å²) in [6, 6.07) is 6.62. The number of carbonyl (C=O) groups excluding carboxylic acids is 2. The molecular weight excluding hydrogens is 360 g/mol. The van der Waals surface area contributed by atoms with E-state index in [2.05, 4.69) is 0 Å². The number of carbonyl (C=O) groups is 2. The Morgan fingerprint density at radius 3 is 1.88 bits per heavy atom. The van der Waals surface area contributed by atoms with Crippen LogP contribution in [0, 0.1) is 5.41 Å². The Hall–Kier alpha value is -2.09. The van der Waals surface area contributed by atoms with Gasteiger partial charge in [0.05, 0.1) is 25.6 Å². The van der Waals surface area contributed by atoms with Crippen LogP contribution in [0.25, 0.3) is 0 Å². The van der Waals surface area contributed by atoms with Gasteiger partial charge in [0.25, 0.3) is 0 Å². The Balaban J connectivity index is 2.59. The lowest BCUT2D eigenvalue weighted by atomic mass is 9.99. The minimum absolute atomic E-state index is 0.0359. The Bertz CT molecular complexity index is 749. The third-order valence-electron chi connectivity index (χ3n) is 4.62. The van der Waals surface area contributed by atoms with E-state index in [0.717, 1.165) is 0 Å². The molecule has 0 radical (unpaired) electrons. The van der Waals surface area contributed by atoms with Gasteiger partial charge in [0, 0.05) is 11.7 Å². The van der Waals surface area contributed by atoms with E-state index in [1.54, 1.807) is 38.1 Å². The Morgan fingerprint density at radius 2 is 1.50 bits per heavy atom. The van der Waals surface area contributed by atoms with Crippen LogP contribution < -0.4 is 4.74 Å². The highest BCUT2D eigenvalue weighted by Crippen LogP contribution is 2.64. The molecule has 2 rings (SSSR count). The highest BCUT2D eigenvalue weighted by atomic mass is 32.2. The maximum absolute atomic E-state index is 12.7. The molecule has 1 aromatic carbocycles. The van der Waals surface area contributed by atoms with Crippen LogP contribution >= 0.6 is 0 Å². The van der Waals surface area contributed by atoms with Crippen molar-refractivity contribution in [3.8, 4) is 5.75 Å².